The molecule has 5 heteroatoms. The zero-order chi connectivity index (χ0) is 17.9. The monoisotopic (exact) mass is 343 g/mol. The van der Waals surface area contributed by atoms with Crippen molar-refractivity contribution in [3.63, 3.8) is 0 Å². The molecule has 26 heavy (non-hydrogen) atoms. The molecule has 2 aromatic carbocycles. The molecule has 0 aliphatic carbocycles. The number of hydrogen-bond donors (Lipinski definition) is 1. The third-order valence-corrected chi connectivity index (χ3v) is 4.15. The van der Waals surface area contributed by atoms with Crippen LogP contribution < -0.4 is 5.32 Å². The number of amides is 1. The van der Waals surface area contributed by atoms with Crippen LogP contribution in [0.5, 0.6) is 0 Å². The molecular weight excluding hydrogens is 326 g/mol. The molecule has 0 saturated heterocycles. The molecule has 0 aliphatic heterocycles. The average molecular weight is 343 g/mol. The molecule has 0 aliphatic rings. The molecule has 1 N–H and O–H groups in total. The van der Waals surface area contributed by atoms with Crippen LogP contribution in [0.15, 0.2) is 77.3 Å². The van der Waals surface area contributed by atoms with Crippen molar-refractivity contribution < 1.29 is 9.21 Å². The van der Waals surface area contributed by atoms with Crippen LogP contribution in [0.2, 0.25) is 0 Å². The van der Waals surface area contributed by atoms with Crippen molar-refractivity contribution in [2.45, 2.75) is 13.0 Å². The predicted octanol–water partition coefficient (Wildman–Crippen LogP) is 4.05. The van der Waals surface area contributed by atoms with E-state index in [-0.39, 0.29) is 5.91 Å². The lowest BCUT2D eigenvalue weighted by atomic mass is 10.0. The smallest absolute Gasteiger partial charge is 0.270 e. The number of para-hydroxylation sites is 1. The highest BCUT2D eigenvalue weighted by Crippen LogP contribution is 2.28. The van der Waals surface area contributed by atoms with Gasteiger partial charge in [-0.3, -0.25) is 4.79 Å². The average Bonchev–Trinajstić information content (AvgIpc) is 3.10. The minimum Gasteiger partial charge on any atom is -0.459 e. The van der Waals surface area contributed by atoms with Crippen LogP contribution in [-0.4, -0.2) is 15.9 Å². The lowest BCUT2D eigenvalue weighted by Gasteiger charge is -2.17. The van der Waals surface area contributed by atoms with Gasteiger partial charge in [0.1, 0.15) is 28.9 Å². The maximum atomic E-state index is 12.7. The van der Waals surface area contributed by atoms with Gasteiger partial charge in [0.25, 0.3) is 5.91 Å². The number of carbonyl (C=O) groups excluding carboxylic acids is 1. The largest absolute Gasteiger partial charge is 0.459 e. The normalized spacial score (nSPS) is 12.0. The summed E-state index contributed by atoms with van der Waals surface area (Å²) in [5, 5.41) is 4.03. The summed E-state index contributed by atoms with van der Waals surface area (Å²) in [5.74, 6) is 0.957. The first-order valence-electron chi connectivity index (χ1n) is 8.34. The van der Waals surface area contributed by atoms with Crippen LogP contribution >= 0.6 is 0 Å². The maximum Gasteiger partial charge on any atom is 0.270 e. The summed E-state index contributed by atoms with van der Waals surface area (Å²) in [4.78, 5) is 21.0. The van der Waals surface area contributed by atoms with Crippen LogP contribution in [-0.2, 0) is 0 Å². The quantitative estimate of drug-likeness (QED) is 0.607. The van der Waals surface area contributed by atoms with Crippen molar-refractivity contribution in [3.8, 4) is 0 Å². The molecular formula is C21H17N3O2. The van der Waals surface area contributed by atoms with Crippen LogP contribution in [0.3, 0.4) is 0 Å². The fourth-order valence-electron chi connectivity index (χ4n) is 2.90. The summed E-state index contributed by atoms with van der Waals surface area (Å²) in [6, 6.07) is 20.7. The number of rotatable bonds is 4. The van der Waals surface area contributed by atoms with Crippen molar-refractivity contribution >= 4 is 16.9 Å². The summed E-state index contributed by atoms with van der Waals surface area (Å²) >= 11 is 0. The SMILES string of the molecule is Cc1nccc(C(=O)N[C@H](c2ccccc2)c2cc3ccccc3o2)n1. The van der Waals surface area contributed by atoms with Crippen molar-refractivity contribution in [2.24, 2.45) is 0 Å². The molecule has 1 amide bonds. The van der Waals surface area contributed by atoms with E-state index in [4.69, 9.17) is 4.42 Å². The Morgan fingerprint density at radius 3 is 2.58 bits per heavy atom. The van der Waals surface area contributed by atoms with E-state index in [0.29, 0.717) is 17.3 Å². The van der Waals surface area contributed by atoms with E-state index in [1.165, 1.54) is 0 Å². The van der Waals surface area contributed by atoms with E-state index in [1.54, 1.807) is 19.2 Å². The van der Waals surface area contributed by atoms with E-state index in [9.17, 15) is 4.79 Å². The zero-order valence-electron chi connectivity index (χ0n) is 14.2. The van der Waals surface area contributed by atoms with Gasteiger partial charge < -0.3 is 9.73 Å². The molecule has 4 aromatic rings. The number of nitrogens with zero attached hydrogens (tertiary/aromatic N) is 2. The standard InChI is InChI=1S/C21H17N3O2/c1-14-22-12-11-17(23-14)21(25)24-20(15-7-3-2-4-8-15)19-13-16-9-5-6-10-18(16)26-19/h2-13,20H,1H3,(H,24,25)/t20-/m1/s1. The zero-order valence-corrected chi connectivity index (χ0v) is 14.2. The van der Waals surface area contributed by atoms with E-state index in [1.807, 2.05) is 60.7 Å². The highest BCUT2D eigenvalue weighted by atomic mass is 16.3. The Bertz CT molecular complexity index is 1020. The van der Waals surface area contributed by atoms with Gasteiger partial charge in [-0.2, -0.15) is 0 Å². The van der Waals surface area contributed by atoms with Crippen molar-refractivity contribution in [3.05, 3.63) is 95.8 Å². The van der Waals surface area contributed by atoms with Crippen molar-refractivity contribution in [1.82, 2.24) is 15.3 Å². The topological polar surface area (TPSA) is 68.0 Å². The molecule has 0 fully saturated rings. The second-order valence-corrected chi connectivity index (χ2v) is 5.99. The molecule has 2 aromatic heterocycles. The highest BCUT2D eigenvalue weighted by Gasteiger charge is 2.22. The van der Waals surface area contributed by atoms with Gasteiger partial charge in [-0.1, -0.05) is 48.5 Å². The number of carbonyl (C=O) groups is 1. The fourth-order valence-corrected chi connectivity index (χ4v) is 2.90. The summed E-state index contributed by atoms with van der Waals surface area (Å²) < 4.78 is 6.00. The lowest BCUT2D eigenvalue weighted by molar-refractivity contribution is 0.0934. The first-order valence-corrected chi connectivity index (χ1v) is 8.34. The number of nitrogens with one attached hydrogen (secondary N) is 1. The van der Waals surface area contributed by atoms with Gasteiger partial charge in [-0.25, -0.2) is 9.97 Å². The van der Waals surface area contributed by atoms with E-state index in [2.05, 4.69) is 15.3 Å². The molecule has 5 nitrogen and oxygen atoms in total. The van der Waals surface area contributed by atoms with Crippen LogP contribution in [0, 0.1) is 6.92 Å². The summed E-state index contributed by atoms with van der Waals surface area (Å²) in [6.45, 7) is 1.75. The molecule has 1 atom stereocenters. The Labute approximate surface area is 150 Å². The first-order chi connectivity index (χ1) is 12.7. The highest BCUT2D eigenvalue weighted by molar-refractivity contribution is 5.92. The molecule has 0 radical (unpaired) electrons. The van der Waals surface area contributed by atoms with E-state index < -0.39 is 6.04 Å². The third-order valence-electron chi connectivity index (χ3n) is 4.15. The molecule has 0 unspecified atom stereocenters. The van der Waals surface area contributed by atoms with Gasteiger partial charge in [0.2, 0.25) is 0 Å². The second kappa shape index (κ2) is 6.80. The minimum absolute atomic E-state index is 0.273. The summed E-state index contributed by atoms with van der Waals surface area (Å²) in [6.07, 6.45) is 1.58. The number of aryl methyl sites for hydroxylation is 1. The Morgan fingerprint density at radius 1 is 1.04 bits per heavy atom. The Hall–Kier alpha value is -3.47. The number of aromatic nitrogens is 2. The van der Waals surface area contributed by atoms with Gasteiger partial charge in [-0.15, -0.1) is 0 Å². The van der Waals surface area contributed by atoms with E-state index >= 15 is 0 Å². The Balaban J connectivity index is 1.72. The second-order valence-electron chi connectivity index (χ2n) is 5.99. The number of fused-ring (bicyclic) bond motifs is 1. The van der Waals surface area contributed by atoms with Crippen molar-refractivity contribution in [1.29, 1.82) is 0 Å². The van der Waals surface area contributed by atoms with Gasteiger partial charge in [-0.05, 0) is 30.7 Å². The minimum atomic E-state index is -0.411. The van der Waals surface area contributed by atoms with E-state index in [0.717, 1.165) is 16.5 Å². The summed E-state index contributed by atoms with van der Waals surface area (Å²) in [7, 11) is 0. The number of furan rings is 1. The fraction of sp³-hybridized carbons (Fsp3) is 0.0952. The van der Waals surface area contributed by atoms with Gasteiger partial charge in [0.15, 0.2) is 0 Å². The Kier molecular flexibility index (Phi) is 4.19. The van der Waals surface area contributed by atoms with Crippen LogP contribution in [0.25, 0.3) is 11.0 Å². The molecule has 0 saturated carbocycles. The van der Waals surface area contributed by atoms with Crippen LogP contribution in [0.4, 0.5) is 0 Å². The van der Waals surface area contributed by atoms with Gasteiger partial charge in [0, 0.05) is 11.6 Å². The number of hydrogen-bond acceptors (Lipinski definition) is 4. The molecule has 2 heterocycles. The molecule has 0 bridgehead atoms. The molecule has 4 rings (SSSR count). The summed E-state index contributed by atoms with van der Waals surface area (Å²) in [5.41, 5.74) is 2.05. The first kappa shape index (κ1) is 16.0. The number of benzene rings is 2. The lowest BCUT2D eigenvalue weighted by Crippen LogP contribution is -2.30. The van der Waals surface area contributed by atoms with Crippen LogP contribution in [0.1, 0.15) is 33.7 Å². The Morgan fingerprint density at radius 2 is 1.81 bits per heavy atom. The van der Waals surface area contributed by atoms with Crippen molar-refractivity contribution in [2.75, 3.05) is 0 Å². The maximum absolute atomic E-state index is 12.7. The predicted molar refractivity (Wildman–Crippen MR) is 98.7 cm³/mol. The van der Waals surface area contributed by atoms with Gasteiger partial charge in [0.05, 0.1) is 0 Å². The van der Waals surface area contributed by atoms with Gasteiger partial charge >= 0.3 is 0 Å². The molecule has 0 spiro atoms. The molecule has 128 valence electrons. The third kappa shape index (κ3) is 3.19.